The van der Waals surface area contributed by atoms with E-state index in [9.17, 15) is 0 Å². The maximum Gasteiger partial charge on any atom is 0.126 e. The summed E-state index contributed by atoms with van der Waals surface area (Å²) in [5, 5.41) is 3.26. The number of ether oxygens (including phenoxy) is 1. The molecule has 0 atom stereocenters. The largest absolute Gasteiger partial charge is 0.381 e. The summed E-state index contributed by atoms with van der Waals surface area (Å²) in [6.45, 7) is 6.90. The minimum atomic E-state index is 0.774. The van der Waals surface area contributed by atoms with Crippen molar-refractivity contribution in [3.8, 4) is 0 Å². The Hall–Kier alpha value is -1.13. The first-order valence-corrected chi connectivity index (χ1v) is 7.24. The van der Waals surface area contributed by atoms with Crippen LogP contribution in [0.25, 0.3) is 0 Å². The maximum atomic E-state index is 5.40. The highest BCUT2D eigenvalue weighted by atomic mass is 16.5. The van der Waals surface area contributed by atoms with Gasteiger partial charge in [-0.3, -0.25) is 0 Å². The van der Waals surface area contributed by atoms with Crippen molar-refractivity contribution in [2.75, 3.05) is 38.7 Å². The fourth-order valence-electron chi connectivity index (χ4n) is 2.56. The SMILES string of the molecule is CCNc1cccc(CN(C)CC2CCOCC2)n1. The van der Waals surface area contributed by atoms with Crippen molar-refractivity contribution < 1.29 is 4.74 Å². The Morgan fingerprint density at radius 3 is 2.89 bits per heavy atom. The van der Waals surface area contributed by atoms with Crippen LogP contribution in [0.3, 0.4) is 0 Å². The van der Waals surface area contributed by atoms with Crippen molar-refractivity contribution in [3.63, 3.8) is 0 Å². The highest BCUT2D eigenvalue weighted by Crippen LogP contribution is 2.16. The number of nitrogens with one attached hydrogen (secondary N) is 1. The van der Waals surface area contributed by atoms with Gasteiger partial charge >= 0.3 is 0 Å². The third kappa shape index (κ3) is 4.80. The zero-order chi connectivity index (χ0) is 13.5. The quantitative estimate of drug-likeness (QED) is 0.855. The molecule has 0 saturated carbocycles. The van der Waals surface area contributed by atoms with E-state index in [1.807, 2.05) is 6.07 Å². The first-order valence-electron chi connectivity index (χ1n) is 7.24. The summed E-state index contributed by atoms with van der Waals surface area (Å²) in [5.74, 6) is 1.75. The van der Waals surface area contributed by atoms with E-state index in [1.54, 1.807) is 0 Å². The van der Waals surface area contributed by atoms with Crippen molar-refractivity contribution in [1.82, 2.24) is 9.88 Å². The van der Waals surface area contributed by atoms with Crippen molar-refractivity contribution in [1.29, 1.82) is 0 Å². The van der Waals surface area contributed by atoms with Crippen molar-refractivity contribution in [3.05, 3.63) is 23.9 Å². The van der Waals surface area contributed by atoms with Gasteiger partial charge in [-0.15, -0.1) is 0 Å². The molecule has 1 aliphatic heterocycles. The molecule has 2 heterocycles. The van der Waals surface area contributed by atoms with Gasteiger partial charge in [-0.1, -0.05) is 6.07 Å². The normalized spacial score (nSPS) is 16.8. The summed E-state index contributed by atoms with van der Waals surface area (Å²) in [4.78, 5) is 6.99. The van der Waals surface area contributed by atoms with Gasteiger partial charge in [-0.25, -0.2) is 4.98 Å². The standard InChI is InChI=1S/C15H25N3O/c1-3-16-15-6-4-5-14(17-15)12-18(2)11-13-7-9-19-10-8-13/h4-6,13H,3,7-12H2,1-2H3,(H,16,17). The molecule has 1 fully saturated rings. The van der Waals surface area contributed by atoms with Crippen LogP contribution in [0.5, 0.6) is 0 Å². The molecule has 1 aromatic heterocycles. The molecule has 0 amide bonds. The summed E-state index contributed by atoms with van der Waals surface area (Å²) in [6.07, 6.45) is 2.38. The van der Waals surface area contributed by atoms with Gasteiger partial charge < -0.3 is 15.0 Å². The van der Waals surface area contributed by atoms with Gasteiger partial charge in [0.25, 0.3) is 0 Å². The first-order chi connectivity index (χ1) is 9.28. The first kappa shape index (κ1) is 14.3. The van der Waals surface area contributed by atoms with Gasteiger partial charge in [-0.05, 0) is 44.9 Å². The van der Waals surface area contributed by atoms with Gasteiger partial charge in [-0.2, -0.15) is 0 Å². The highest BCUT2D eigenvalue weighted by molar-refractivity contribution is 5.34. The summed E-state index contributed by atoms with van der Waals surface area (Å²) in [7, 11) is 2.18. The van der Waals surface area contributed by atoms with Crippen LogP contribution in [0, 0.1) is 5.92 Å². The Balaban J connectivity index is 1.83. The Kier molecular flexibility index (Phi) is 5.61. The number of hydrogen-bond donors (Lipinski definition) is 1. The minimum absolute atomic E-state index is 0.774. The molecule has 0 bridgehead atoms. The molecule has 1 aromatic rings. The molecule has 106 valence electrons. The lowest BCUT2D eigenvalue weighted by molar-refractivity contribution is 0.0548. The third-order valence-electron chi connectivity index (χ3n) is 3.51. The van der Waals surface area contributed by atoms with Crippen LogP contribution in [-0.4, -0.2) is 43.2 Å². The van der Waals surface area contributed by atoms with E-state index < -0.39 is 0 Å². The predicted octanol–water partition coefficient (Wildman–Crippen LogP) is 2.37. The molecule has 0 radical (unpaired) electrons. The lowest BCUT2D eigenvalue weighted by atomic mass is 10.00. The fraction of sp³-hybridized carbons (Fsp3) is 0.667. The summed E-state index contributed by atoms with van der Waals surface area (Å²) >= 11 is 0. The van der Waals surface area contributed by atoms with Crippen LogP contribution in [-0.2, 0) is 11.3 Å². The number of nitrogens with zero attached hydrogens (tertiary/aromatic N) is 2. The predicted molar refractivity (Wildman–Crippen MR) is 78.3 cm³/mol. The van der Waals surface area contributed by atoms with Crippen LogP contribution in [0.15, 0.2) is 18.2 Å². The number of rotatable bonds is 6. The van der Waals surface area contributed by atoms with Gasteiger partial charge in [0.05, 0.1) is 5.69 Å². The molecular formula is C15H25N3O. The van der Waals surface area contributed by atoms with E-state index in [-0.39, 0.29) is 0 Å². The van der Waals surface area contributed by atoms with E-state index in [0.29, 0.717) is 0 Å². The Morgan fingerprint density at radius 1 is 1.37 bits per heavy atom. The fourth-order valence-corrected chi connectivity index (χ4v) is 2.56. The zero-order valence-corrected chi connectivity index (χ0v) is 12.1. The summed E-state index contributed by atoms with van der Waals surface area (Å²) < 4.78 is 5.40. The van der Waals surface area contributed by atoms with Gasteiger partial charge in [0, 0.05) is 32.8 Å². The van der Waals surface area contributed by atoms with E-state index in [0.717, 1.165) is 50.3 Å². The van der Waals surface area contributed by atoms with Crippen molar-refractivity contribution in [2.24, 2.45) is 5.92 Å². The van der Waals surface area contributed by atoms with Crippen LogP contribution in [0.2, 0.25) is 0 Å². The lowest BCUT2D eigenvalue weighted by Crippen LogP contribution is -2.29. The maximum absolute atomic E-state index is 5.40. The molecule has 4 heteroatoms. The Bertz CT molecular complexity index is 377. The average molecular weight is 263 g/mol. The Labute approximate surface area is 116 Å². The second kappa shape index (κ2) is 7.46. The smallest absolute Gasteiger partial charge is 0.126 e. The van der Waals surface area contributed by atoms with Gasteiger partial charge in [0.1, 0.15) is 5.82 Å². The molecule has 19 heavy (non-hydrogen) atoms. The molecule has 1 saturated heterocycles. The van der Waals surface area contributed by atoms with Gasteiger partial charge in [0.15, 0.2) is 0 Å². The number of aromatic nitrogens is 1. The molecule has 0 aliphatic carbocycles. The number of anilines is 1. The molecule has 2 rings (SSSR count). The summed E-state index contributed by atoms with van der Waals surface area (Å²) in [6, 6.07) is 6.19. The molecule has 0 aromatic carbocycles. The van der Waals surface area contributed by atoms with E-state index in [4.69, 9.17) is 4.74 Å². The average Bonchev–Trinajstić information content (AvgIpc) is 2.40. The van der Waals surface area contributed by atoms with Crippen LogP contribution < -0.4 is 5.32 Å². The second-order valence-corrected chi connectivity index (χ2v) is 5.30. The van der Waals surface area contributed by atoms with Gasteiger partial charge in [0.2, 0.25) is 0 Å². The van der Waals surface area contributed by atoms with E-state index >= 15 is 0 Å². The molecule has 1 aliphatic rings. The zero-order valence-electron chi connectivity index (χ0n) is 12.1. The van der Waals surface area contributed by atoms with Crippen molar-refractivity contribution >= 4 is 5.82 Å². The van der Waals surface area contributed by atoms with E-state index in [2.05, 4.69) is 41.3 Å². The number of pyridine rings is 1. The Morgan fingerprint density at radius 2 is 2.16 bits per heavy atom. The molecule has 0 unspecified atom stereocenters. The van der Waals surface area contributed by atoms with Crippen LogP contribution >= 0.6 is 0 Å². The lowest BCUT2D eigenvalue weighted by Gasteiger charge is -2.26. The monoisotopic (exact) mass is 263 g/mol. The van der Waals surface area contributed by atoms with Crippen molar-refractivity contribution in [2.45, 2.75) is 26.3 Å². The van der Waals surface area contributed by atoms with Crippen LogP contribution in [0.1, 0.15) is 25.5 Å². The molecule has 4 nitrogen and oxygen atoms in total. The highest BCUT2D eigenvalue weighted by Gasteiger charge is 2.16. The van der Waals surface area contributed by atoms with E-state index in [1.165, 1.54) is 12.8 Å². The molecular weight excluding hydrogens is 238 g/mol. The topological polar surface area (TPSA) is 37.4 Å². The third-order valence-corrected chi connectivity index (χ3v) is 3.51. The molecule has 0 spiro atoms. The summed E-state index contributed by atoms with van der Waals surface area (Å²) in [5.41, 5.74) is 1.13. The molecule has 1 N–H and O–H groups in total. The van der Waals surface area contributed by atoms with Crippen LogP contribution in [0.4, 0.5) is 5.82 Å². The number of hydrogen-bond acceptors (Lipinski definition) is 4. The minimum Gasteiger partial charge on any atom is -0.381 e. The second-order valence-electron chi connectivity index (χ2n) is 5.30.